The minimum absolute atomic E-state index is 0.113. The molecule has 0 aliphatic heterocycles. The minimum atomic E-state index is -3.29. The Morgan fingerprint density at radius 3 is 2.25 bits per heavy atom. The van der Waals surface area contributed by atoms with Crippen LogP contribution in [0, 0.1) is 0 Å². The first-order valence-electron chi connectivity index (χ1n) is 4.63. The van der Waals surface area contributed by atoms with Crippen LogP contribution < -0.4 is 5.73 Å². The van der Waals surface area contributed by atoms with E-state index in [1.165, 1.54) is 6.92 Å². The molecule has 0 spiro atoms. The third kappa shape index (κ3) is 2.73. The Kier molecular flexibility index (Phi) is 3.54. The molecule has 1 rings (SSSR count). The molecule has 0 bridgehead atoms. The molecular formula is C10H14N2O3S. The third-order valence-corrected chi connectivity index (χ3v) is 3.85. The number of sulfone groups is 1. The van der Waals surface area contributed by atoms with E-state index in [1.807, 2.05) is 0 Å². The molecule has 1 aromatic carbocycles. The smallest absolute Gasteiger partial charge is 0.155 e. The van der Waals surface area contributed by atoms with Crippen LogP contribution in [0.1, 0.15) is 12.5 Å². The summed E-state index contributed by atoms with van der Waals surface area (Å²) in [5.74, 6) is 0. The van der Waals surface area contributed by atoms with Gasteiger partial charge in [0.25, 0.3) is 0 Å². The third-order valence-electron chi connectivity index (χ3n) is 2.34. The number of nitrogens with zero attached hydrogens (tertiary/aromatic N) is 1. The van der Waals surface area contributed by atoms with E-state index in [0.29, 0.717) is 11.3 Å². The van der Waals surface area contributed by atoms with Crippen LogP contribution in [0.15, 0.2) is 29.4 Å². The fourth-order valence-corrected chi connectivity index (χ4v) is 1.82. The van der Waals surface area contributed by atoms with Crippen LogP contribution >= 0.6 is 0 Å². The van der Waals surface area contributed by atoms with Gasteiger partial charge in [0, 0.05) is 17.5 Å². The number of hydrogen-bond donors (Lipinski definition) is 2. The van der Waals surface area contributed by atoms with Crippen molar-refractivity contribution in [3.63, 3.8) is 0 Å². The lowest BCUT2D eigenvalue weighted by atomic mass is 10.1. The van der Waals surface area contributed by atoms with Crippen molar-refractivity contribution in [2.75, 3.05) is 12.0 Å². The van der Waals surface area contributed by atoms with Gasteiger partial charge in [-0.1, -0.05) is 17.3 Å². The number of nitrogens with two attached hydrogens (primary N) is 1. The number of benzene rings is 1. The Hall–Kier alpha value is -1.56. The lowest BCUT2D eigenvalue weighted by Gasteiger charge is -2.11. The lowest BCUT2D eigenvalue weighted by molar-refractivity contribution is 0.318. The van der Waals surface area contributed by atoms with E-state index in [9.17, 15) is 8.42 Å². The summed E-state index contributed by atoms with van der Waals surface area (Å²) in [6, 6.07) is 6.48. The van der Waals surface area contributed by atoms with Gasteiger partial charge in [0.2, 0.25) is 0 Å². The zero-order chi connectivity index (χ0) is 12.3. The Labute approximate surface area is 94.5 Å². The average molecular weight is 242 g/mol. The van der Waals surface area contributed by atoms with Gasteiger partial charge in [-0.2, -0.15) is 0 Å². The molecule has 6 heteroatoms. The topological polar surface area (TPSA) is 92.8 Å². The van der Waals surface area contributed by atoms with Crippen molar-refractivity contribution in [2.24, 2.45) is 5.16 Å². The molecule has 16 heavy (non-hydrogen) atoms. The highest BCUT2D eigenvalue weighted by molar-refractivity contribution is 7.92. The van der Waals surface area contributed by atoms with E-state index in [0.717, 1.165) is 6.26 Å². The summed E-state index contributed by atoms with van der Waals surface area (Å²) < 4.78 is 22.7. The Morgan fingerprint density at radius 2 is 1.88 bits per heavy atom. The van der Waals surface area contributed by atoms with E-state index in [1.54, 1.807) is 24.3 Å². The van der Waals surface area contributed by atoms with Gasteiger partial charge in [-0.3, -0.25) is 0 Å². The summed E-state index contributed by atoms with van der Waals surface area (Å²) in [7, 11) is -3.29. The van der Waals surface area contributed by atoms with Crippen molar-refractivity contribution < 1.29 is 13.6 Å². The zero-order valence-corrected chi connectivity index (χ0v) is 9.90. The molecule has 1 atom stereocenters. The van der Waals surface area contributed by atoms with E-state index < -0.39 is 15.1 Å². The predicted molar refractivity (Wildman–Crippen MR) is 63.5 cm³/mol. The molecule has 0 unspecified atom stereocenters. The van der Waals surface area contributed by atoms with Crippen LogP contribution in [-0.4, -0.2) is 30.8 Å². The first-order valence-corrected chi connectivity index (χ1v) is 6.58. The largest absolute Gasteiger partial charge is 0.411 e. The first kappa shape index (κ1) is 12.5. The SMILES string of the molecule is C[C@H](/C(=N\O)c1ccc(N)cc1)S(C)(=O)=O. The number of hydrogen-bond acceptors (Lipinski definition) is 5. The van der Waals surface area contributed by atoms with E-state index in [4.69, 9.17) is 10.9 Å². The highest BCUT2D eigenvalue weighted by atomic mass is 32.2. The molecule has 0 saturated heterocycles. The molecule has 0 radical (unpaired) electrons. The van der Waals surface area contributed by atoms with Gasteiger partial charge in [-0.15, -0.1) is 0 Å². The molecule has 0 aromatic heterocycles. The second kappa shape index (κ2) is 4.52. The summed E-state index contributed by atoms with van der Waals surface area (Å²) >= 11 is 0. The van der Waals surface area contributed by atoms with Crippen molar-refractivity contribution in [1.29, 1.82) is 0 Å². The van der Waals surface area contributed by atoms with Crippen molar-refractivity contribution in [1.82, 2.24) is 0 Å². The summed E-state index contributed by atoms with van der Waals surface area (Å²) in [5.41, 5.74) is 6.72. The summed E-state index contributed by atoms with van der Waals surface area (Å²) in [4.78, 5) is 0. The molecule has 5 nitrogen and oxygen atoms in total. The normalized spacial score (nSPS) is 14.8. The standard InChI is InChI=1S/C10H14N2O3S/c1-7(16(2,14)15)10(12-13)8-3-5-9(11)6-4-8/h3-7,13H,11H2,1-2H3/b12-10+/t7-/m1/s1. The maximum absolute atomic E-state index is 11.4. The molecule has 0 aliphatic carbocycles. The molecule has 0 aliphatic rings. The van der Waals surface area contributed by atoms with Crippen molar-refractivity contribution in [2.45, 2.75) is 12.2 Å². The maximum Gasteiger partial charge on any atom is 0.155 e. The van der Waals surface area contributed by atoms with Gasteiger partial charge in [0.05, 0.1) is 0 Å². The highest BCUT2D eigenvalue weighted by Crippen LogP contribution is 2.12. The van der Waals surface area contributed by atoms with Crippen LogP contribution in [0.2, 0.25) is 0 Å². The van der Waals surface area contributed by atoms with Gasteiger partial charge in [0.1, 0.15) is 11.0 Å². The monoisotopic (exact) mass is 242 g/mol. The zero-order valence-electron chi connectivity index (χ0n) is 9.08. The summed E-state index contributed by atoms with van der Waals surface area (Å²) in [6.07, 6.45) is 1.10. The van der Waals surface area contributed by atoms with Crippen LogP contribution in [0.25, 0.3) is 0 Å². The Morgan fingerprint density at radius 1 is 1.38 bits per heavy atom. The van der Waals surface area contributed by atoms with Crippen LogP contribution in [-0.2, 0) is 9.84 Å². The number of anilines is 1. The lowest BCUT2D eigenvalue weighted by Crippen LogP contribution is -2.27. The second-order valence-electron chi connectivity index (χ2n) is 3.58. The van der Waals surface area contributed by atoms with Gasteiger partial charge in [-0.05, 0) is 19.1 Å². The Bertz CT molecular complexity index is 491. The quantitative estimate of drug-likeness (QED) is 0.356. The molecule has 0 saturated carbocycles. The van der Waals surface area contributed by atoms with E-state index in [-0.39, 0.29) is 5.71 Å². The van der Waals surface area contributed by atoms with Gasteiger partial charge < -0.3 is 10.9 Å². The van der Waals surface area contributed by atoms with Crippen LogP contribution in [0.3, 0.4) is 0 Å². The molecule has 88 valence electrons. The fourth-order valence-electron chi connectivity index (χ4n) is 1.23. The van der Waals surface area contributed by atoms with Crippen molar-refractivity contribution >= 4 is 21.2 Å². The predicted octanol–water partition coefficient (Wildman–Crippen LogP) is 0.880. The summed E-state index contributed by atoms with van der Waals surface area (Å²) in [6.45, 7) is 1.47. The van der Waals surface area contributed by atoms with E-state index in [2.05, 4.69) is 5.16 Å². The van der Waals surface area contributed by atoms with Gasteiger partial charge >= 0.3 is 0 Å². The molecule has 0 heterocycles. The molecule has 3 N–H and O–H groups in total. The van der Waals surface area contributed by atoms with Gasteiger partial charge in [0.15, 0.2) is 9.84 Å². The Balaban J connectivity index is 3.15. The maximum atomic E-state index is 11.4. The second-order valence-corrected chi connectivity index (χ2v) is 5.95. The fraction of sp³-hybridized carbons (Fsp3) is 0.300. The number of nitrogen functional groups attached to an aromatic ring is 1. The molecule has 0 fully saturated rings. The molecular weight excluding hydrogens is 228 g/mol. The number of rotatable bonds is 3. The minimum Gasteiger partial charge on any atom is -0.411 e. The first-order chi connectivity index (χ1) is 7.36. The van der Waals surface area contributed by atoms with Gasteiger partial charge in [-0.25, -0.2) is 8.42 Å². The molecule has 1 aromatic rings. The van der Waals surface area contributed by atoms with Crippen molar-refractivity contribution in [3.8, 4) is 0 Å². The highest BCUT2D eigenvalue weighted by Gasteiger charge is 2.23. The molecule has 0 amide bonds. The number of oxime groups is 1. The summed E-state index contributed by atoms with van der Waals surface area (Å²) in [5, 5.41) is 11.1. The van der Waals surface area contributed by atoms with E-state index >= 15 is 0 Å². The average Bonchev–Trinajstić information content (AvgIpc) is 2.20. The van der Waals surface area contributed by atoms with Crippen molar-refractivity contribution in [3.05, 3.63) is 29.8 Å². The van der Waals surface area contributed by atoms with Crippen LogP contribution in [0.4, 0.5) is 5.69 Å². The van der Waals surface area contributed by atoms with Crippen LogP contribution in [0.5, 0.6) is 0 Å².